The average molecular weight is 282 g/mol. The van der Waals surface area contributed by atoms with E-state index in [1.807, 2.05) is 47.9 Å². The molecule has 0 atom stereocenters. The van der Waals surface area contributed by atoms with Gasteiger partial charge in [0.05, 0.1) is 10.6 Å². The number of nitro benzene ring substituents is 1. The van der Waals surface area contributed by atoms with E-state index in [-0.39, 0.29) is 5.69 Å². The van der Waals surface area contributed by atoms with Crippen molar-refractivity contribution >= 4 is 40.1 Å². The first-order chi connectivity index (χ1) is 9.74. The van der Waals surface area contributed by atoms with Crippen LogP contribution in [0.25, 0.3) is 23.1 Å². The number of aromatic nitrogens is 1. The second-order valence-corrected chi connectivity index (χ2v) is 5.17. The van der Waals surface area contributed by atoms with Crippen molar-refractivity contribution in [1.29, 1.82) is 0 Å². The van der Waals surface area contributed by atoms with E-state index < -0.39 is 4.92 Å². The van der Waals surface area contributed by atoms with Crippen LogP contribution in [0.4, 0.5) is 5.69 Å². The number of thiophene rings is 1. The van der Waals surface area contributed by atoms with Gasteiger partial charge in [-0.25, -0.2) is 4.98 Å². The molecule has 2 aromatic heterocycles. The van der Waals surface area contributed by atoms with Gasteiger partial charge < -0.3 is 0 Å². The number of nitro groups is 1. The highest BCUT2D eigenvalue weighted by atomic mass is 32.1. The second-order valence-electron chi connectivity index (χ2n) is 4.19. The van der Waals surface area contributed by atoms with E-state index >= 15 is 0 Å². The zero-order valence-electron chi connectivity index (χ0n) is 10.4. The largest absolute Gasteiger partial charge is 0.295 e. The van der Waals surface area contributed by atoms with Crippen LogP contribution in [0.15, 0.2) is 47.8 Å². The molecule has 2 heterocycles. The first-order valence-electron chi connectivity index (χ1n) is 6.00. The van der Waals surface area contributed by atoms with Gasteiger partial charge in [0.1, 0.15) is 5.52 Å². The van der Waals surface area contributed by atoms with E-state index in [0.29, 0.717) is 11.2 Å². The van der Waals surface area contributed by atoms with Gasteiger partial charge in [-0.2, -0.15) is 0 Å². The molecule has 0 aliphatic heterocycles. The number of hydrogen-bond donors (Lipinski definition) is 0. The Hall–Kier alpha value is -2.53. The number of pyridine rings is 1. The third-order valence-corrected chi connectivity index (χ3v) is 3.72. The fraction of sp³-hybridized carbons (Fsp3) is 0. The molecule has 3 aromatic rings. The van der Waals surface area contributed by atoms with Gasteiger partial charge in [-0.3, -0.25) is 10.1 Å². The molecule has 0 fully saturated rings. The van der Waals surface area contributed by atoms with Crippen LogP contribution in [-0.2, 0) is 0 Å². The summed E-state index contributed by atoms with van der Waals surface area (Å²) in [5, 5.41) is 13.8. The summed E-state index contributed by atoms with van der Waals surface area (Å²) in [5.41, 5.74) is 1.17. The third kappa shape index (κ3) is 2.44. The molecule has 1 aromatic carbocycles. The van der Waals surface area contributed by atoms with Crippen LogP contribution in [-0.4, -0.2) is 9.91 Å². The van der Waals surface area contributed by atoms with Gasteiger partial charge in [-0.1, -0.05) is 24.3 Å². The predicted octanol–water partition coefficient (Wildman–Crippen LogP) is 4.37. The van der Waals surface area contributed by atoms with Gasteiger partial charge in [0.2, 0.25) is 0 Å². The van der Waals surface area contributed by atoms with Gasteiger partial charge >= 0.3 is 0 Å². The van der Waals surface area contributed by atoms with E-state index in [1.165, 1.54) is 6.07 Å². The maximum absolute atomic E-state index is 11.0. The van der Waals surface area contributed by atoms with Gasteiger partial charge in [0.25, 0.3) is 5.69 Å². The van der Waals surface area contributed by atoms with Crippen LogP contribution in [0.3, 0.4) is 0 Å². The molecule has 0 aliphatic rings. The SMILES string of the molecule is O=[N+]([O-])c1cccc2ccc(C=Cc3cccs3)nc12. The lowest BCUT2D eigenvalue weighted by molar-refractivity contribution is -0.383. The first-order valence-corrected chi connectivity index (χ1v) is 6.88. The first kappa shape index (κ1) is 12.5. The normalized spacial score (nSPS) is 11.2. The molecule has 20 heavy (non-hydrogen) atoms. The lowest BCUT2D eigenvalue weighted by Gasteiger charge is -2.00. The van der Waals surface area contributed by atoms with Gasteiger partial charge in [0, 0.05) is 16.3 Å². The van der Waals surface area contributed by atoms with Crippen molar-refractivity contribution < 1.29 is 4.92 Å². The topological polar surface area (TPSA) is 56.0 Å². The van der Waals surface area contributed by atoms with E-state index in [2.05, 4.69) is 4.98 Å². The molecule has 0 radical (unpaired) electrons. The van der Waals surface area contributed by atoms with Gasteiger partial charge in [0.15, 0.2) is 0 Å². The number of non-ortho nitro benzene ring substituents is 1. The number of para-hydroxylation sites is 1. The molecule has 0 aliphatic carbocycles. The standard InChI is InChI=1S/C15H10N2O2S/c18-17(19)14-5-1-3-11-6-7-12(16-15(11)14)8-9-13-4-2-10-20-13/h1-10H. The van der Waals surface area contributed by atoms with Gasteiger partial charge in [-0.15, -0.1) is 11.3 Å². The Kier molecular flexibility index (Phi) is 3.26. The second kappa shape index (κ2) is 5.22. The van der Waals surface area contributed by atoms with E-state index in [0.717, 1.165) is 10.3 Å². The maximum atomic E-state index is 11.0. The Labute approximate surface area is 119 Å². The molecule has 0 unspecified atom stereocenters. The molecule has 98 valence electrons. The Morgan fingerprint density at radius 2 is 2.00 bits per heavy atom. The number of nitrogens with zero attached hydrogens (tertiary/aromatic N) is 2. The summed E-state index contributed by atoms with van der Waals surface area (Å²) in [4.78, 5) is 16.1. The summed E-state index contributed by atoms with van der Waals surface area (Å²) in [6.07, 6.45) is 3.82. The van der Waals surface area contributed by atoms with Gasteiger partial charge in [-0.05, 0) is 29.7 Å². The summed E-state index contributed by atoms with van der Waals surface area (Å²) in [7, 11) is 0. The number of fused-ring (bicyclic) bond motifs is 1. The fourth-order valence-electron chi connectivity index (χ4n) is 1.94. The Morgan fingerprint density at radius 3 is 2.75 bits per heavy atom. The molecule has 0 bridgehead atoms. The Morgan fingerprint density at radius 1 is 1.10 bits per heavy atom. The Balaban J connectivity index is 2.05. The molecule has 3 rings (SSSR count). The average Bonchev–Trinajstić information content (AvgIpc) is 2.97. The smallest absolute Gasteiger partial charge is 0.258 e. The molecule has 5 heteroatoms. The van der Waals surface area contributed by atoms with Crippen molar-refractivity contribution in [2.45, 2.75) is 0 Å². The minimum Gasteiger partial charge on any atom is -0.258 e. The quantitative estimate of drug-likeness (QED) is 0.529. The fourth-order valence-corrected chi connectivity index (χ4v) is 2.56. The van der Waals surface area contributed by atoms with Crippen molar-refractivity contribution in [2.75, 3.05) is 0 Å². The molecular formula is C15H10N2O2S. The van der Waals surface area contributed by atoms with Crippen molar-refractivity contribution in [1.82, 2.24) is 4.98 Å². The van der Waals surface area contributed by atoms with E-state index in [4.69, 9.17) is 0 Å². The predicted molar refractivity (Wildman–Crippen MR) is 81.6 cm³/mol. The van der Waals surface area contributed by atoms with Crippen molar-refractivity contribution in [3.63, 3.8) is 0 Å². The summed E-state index contributed by atoms with van der Waals surface area (Å²) in [5.74, 6) is 0. The van der Waals surface area contributed by atoms with Crippen LogP contribution >= 0.6 is 11.3 Å². The molecule has 0 N–H and O–H groups in total. The summed E-state index contributed by atoms with van der Waals surface area (Å²) >= 11 is 1.63. The monoisotopic (exact) mass is 282 g/mol. The van der Waals surface area contributed by atoms with Crippen molar-refractivity contribution in [3.05, 3.63) is 68.5 Å². The third-order valence-electron chi connectivity index (χ3n) is 2.88. The lowest BCUT2D eigenvalue weighted by Crippen LogP contribution is -1.92. The number of hydrogen-bond acceptors (Lipinski definition) is 4. The minimum absolute atomic E-state index is 0.0360. The summed E-state index contributed by atoms with van der Waals surface area (Å²) in [6.45, 7) is 0. The van der Waals surface area contributed by atoms with Crippen LogP contribution in [0, 0.1) is 10.1 Å². The zero-order chi connectivity index (χ0) is 13.9. The number of benzene rings is 1. The highest BCUT2D eigenvalue weighted by Crippen LogP contribution is 2.24. The van der Waals surface area contributed by atoms with Crippen LogP contribution in [0.1, 0.15) is 10.6 Å². The highest BCUT2D eigenvalue weighted by Gasteiger charge is 2.12. The molecule has 0 spiro atoms. The lowest BCUT2D eigenvalue weighted by atomic mass is 10.1. The van der Waals surface area contributed by atoms with Crippen LogP contribution in [0.2, 0.25) is 0 Å². The van der Waals surface area contributed by atoms with E-state index in [1.54, 1.807) is 17.4 Å². The summed E-state index contributed by atoms with van der Waals surface area (Å²) < 4.78 is 0. The van der Waals surface area contributed by atoms with E-state index in [9.17, 15) is 10.1 Å². The Bertz CT molecular complexity index is 795. The van der Waals surface area contributed by atoms with Crippen molar-refractivity contribution in [3.8, 4) is 0 Å². The number of rotatable bonds is 3. The zero-order valence-corrected chi connectivity index (χ0v) is 11.2. The molecule has 0 saturated heterocycles. The van der Waals surface area contributed by atoms with Crippen molar-refractivity contribution in [2.24, 2.45) is 0 Å². The molecule has 0 saturated carbocycles. The molecule has 0 amide bonds. The van der Waals surface area contributed by atoms with Crippen LogP contribution < -0.4 is 0 Å². The van der Waals surface area contributed by atoms with Crippen LogP contribution in [0.5, 0.6) is 0 Å². The summed E-state index contributed by atoms with van der Waals surface area (Å²) in [6, 6.07) is 12.7. The maximum Gasteiger partial charge on any atom is 0.295 e. The minimum atomic E-state index is -0.401. The molecular weight excluding hydrogens is 272 g/mol. The highest BCUT2D eigenvalue weighted by molar-refractivity contribution is 7.10. The molecule has 4 nitrogen and oxygen atoms in total.